The maximum atomic E-state index is 13.5. The molecule has 4 aromatic rings. The lowest BCUT2D eigenvalue weighted by Crippen LogP contribution is -2.30. The number of aromatic nitrogens is 2. The van der Waals surface area contributed by atoms with Crippen LogP contribution in [-0.2, 0) is 6.42 Å². The molecule has 0 N–H and O–H groups in total. The number of nitrogens with zero attached hydrogens (tertiary/aromatic N) is 3. The van der Waals surface area contributed by atoms with Crippen LogP contribution in [0, 0.1) is 18.6 Å². The highest BCUT2D eigenvalue weighted by Gasteiger charge is 2.35. The second kappa shape index (κ2) is 8.86. The van der Waals surface area contributed by atoms with E-state index in [0.717, 1.165) is 24.0 Å². The molecule has 1 atom stereocenters. The maximum Gasteiger partial charge on any atom is 0.266 e. The molecule has 168 valence electrons. The average Bonchev–Trinajstić information content (AvgIpc) is 3.53. The van der Waals surface area contributed by atoms with Crippen molar-refractivity contribution in [3.63, 3.8) is 0 Å². The predicted octanol–water partition coefficient (Wildman–Crippen LogP) is 5.95. The van der Waals surface area contributed by atoms with Crippen molar-refractivity contribution in [1.29, 1.82) is 0 Å². The molecule has 5 nitrogen and oxygen atoms in total. The molecular weight excluding hydrogens is 444 g/mol. The highest BCUT2D eigenvalue weighted by atomic mass is 32.1. The summed E-state index contributed by atoms with van der Waals surface area (Å²) in [4.78, 5) is 24.7. The van der Waals surface area contributed by atoms with Crippen molar-refractivity contribution in [1.82, 2.24) is 14.9 Å². The number of carbonyl (C=O) groups excluding carboxylic acids is 1. The van der Waals surface area contributed by atoms with E-state index in [9.17, 15) is 13.6 Å². The van der Waals surface area contributed by atoms with E-state index < -0.39 is 0 Å². The third-order valence-corrected chi connectivity index (χ3v) is 6.91. The fourth-order valence-corrected chi connectivity index (χ4v) is 5.14. The number of hydrogen-bond acceptors (Lipinski definition) is 5. The van der Waals surface area contributed by atoms with Crippen molar-refractivity contribution in [3.8, 4) is 10.6 Å². The van der Waals surface area contributed by atoms with Gasteiger partial charge in [-0.1, -0.05) is 12.1 Å². The van der Waals surface area contributed by atoms with E-state index in [0.29, 0.717) is 40.2 Å². The normalized spacial score (nSPS) is 15.8. The monoisotopic (exact) mass is 465 g/mol. The summed E-state index contributed by atoms with van der Waals surface area (Å²) in [6.45, 7) is 2.42. The summed E-state index contributed by atoms with van der Waals surface area (Å²) < 4.78 is 32.7. The second-order valence-electron chi connectivity index (χ2n) is 8.07. The molecule has 0 radical (unpaired) electrons. The van der Waals surface area contributed by atoms with Gasteiger partial charge in [0.1, 0.15) is 33.3 Å². The Balaban J connectivity index is 1.35. The first-order valence-electron chi connectivity index (χ1n) is 10.7. The summed E-state index contributed by atoms with van der Waals surface area (Å²) in [6.07, 6.45) is 3.68. The molecule has 0 bridgehead atoms. The zero-order valence-corrected chi connectivity index (χ0v) is 18.7. The van der Waals surface area contributed by atoms with Crippen molar-refractivity contribution in [3.05, 3.63) is 94.1 Å². The van der Waals surface area contributed by atoms with Crippen LogP contribution >= 0.6 is 11.3 Å². The van der Waals surface area contributed by atoms with Gasteiger partial charge in [0.15, 0.2) is 0 Å². The SMILES string of the molecule is Cc1nc(-c2ccc(F)cc2)sc1C(=O)N1CCC[C@H]1c1ncc(Cc2cccc(F)c2)o1. The van der Waals surface area contributed by atoms with E-state index in [2.05, 4.69) is 9.97 Å². The summed E-state index contributed by atoms with van der Waals surface area (Å²) in [6, 6.07) is 12.2. The van der Waals surface area contributed by atoms with Gasteiger partial charge in [-0.25, -0.2) is 18.7 Å². The van der Waals surface area contributed by atoms with E-state index in [-0.39, 0.29) is 23.6 Å². The van der Waals surface area contributed by atoms with Crippen LogP contribution in [0.5, 0.6) is 0 Å². The molecule has 1 aliphatic heterocycles. The molecule has 0 saturated carbocycles. The smallest absolute Gasteiger partial charge is 0.266 e. The Morgan fingerprint density at radius 3 is 2.79 bits per heavy atom. The topological polar surface area (TPSA) is 59.2 Å². The van der Waals surface area contributed by atoms with Gasteiger partial charge in [0.25, 0.3) is 5.91 Å². The standard InChI is InChI=1S/C25H21F2N3O2S/c1-15-22(33-24(29-15)17-7-9-18(26)10-8-17)25(31)30-11-3-6-21(30)23-28-14-20(32-23)13-16-4-2-5-19(27)12-16/h2,4-5,7-10,12,14,21H,3,6,11,13H2,1H3/t21-/m0/s1. The maximum absolute atomic E-state index is 13.5. The Kier molecular flexibility index (Phi) is 5.76. The zero-order chi connectivity index (χ0) is 22.9. The minimum absolute atomic E-state index is 0.106. The Labute approximate surface area is 193 Å². The van der Waals surface area contributed by atoms with Gasteiger partial charge >= 0.3 is 0 Å². The van der Waals surface area contributed by atoms with Gasteiger partial charge in [-0.15, -0.1) is 11.3 Å². The van der Waals surface area contributed by atoms with Gasteiger partial charge in [0.05, 0.1) is 11.9 Å². The van der Waals surface area contributed by atoms with Gasteiger partial charge in [-0.3, -0.25) is 4.79 Å². The number of hydrogen-bond donors (Lipinski definition) is 0. The molecule has 1 saturated heterocycles. The molecule has 2 aromatic heterocycles. The minimum Gasteiger partial charge on any atom is -0.443 e. The van der Waals surface area contributed by atoms with E-state index in [4.69, 9.17) is 4.42 Å². The van der Waals surface area contributed by atoms with Crippen LogP contribution in [0.25, 0.3) is 10.6 Å². The van der Waals surface area contributed by atoms with Crippen molar-refractivity contribution in [2.24, 2.45) is 0 Å². The van der Waals surface area contributed by atoms with Crippen LogP contribution in [0.15, 0.2) is 59.1 Å². The third-order valence-electron chi connectivity index (χ3n) is 5.72. The van der Waals surface area contributed by atoms with Crippen molar-refractivity contribution < 1.29 is 18.0 Å². The van der Waals surface area contributed by atoms with E-state index >= 15 is 0 Å². The molecular formula is C25H21F2N3O2S. The largest absolute Gasteiger partial charge is 0.443 e. The highest BCUT2D eigenvalue weighted by molar-refractivity contribution is 7.17. The third kappa shape index (κ3) is 4.43. The molecule has 8 heteroatoms. The van der Waals surface area contributed by atoms with Crippen molar-refractivity contribution >= 4 is 17.2 Å². The first-order valence-corrected chi connectivity index (χ1v) is 11.5. The molecule has 1 aliphatic rings. The van der Waals surface area contributed by atoms with Crippen LogP contribution < -0.4 is 0 Å². The van der Waals surface area contributed by atoms with E-state index in [1.807, 2.05) is 13.0 Å². The van der Waals surface area contributed by atoms with Gasteiger partial charge in [-0.05, 0) is 61.7 Å². The lowest BCUT2D eigenvalue weighted by Gasteiger charge is -2.21. The molecule has 33 heavy (non-hydrogen) atoms. The lowest BCUT2D eigenvalue weighted by molar-refractivity contribution is 0.0718. The van der Waals surface area contributed by atoms with E-state index in [1.165, 1.54) is 35.6 Å². The molecule has 3 heterocycles. The van der Waals surface area contributed by atoms with Crippen LogP contribution in [0.4, 0.5) is 8.78 Å². The number of thiazole rings is 1. The summed E-state index contributed by atoms with van der Waals surface area (Å²) in [5, 5.41) is 0.681. The zero-order valence-electron chi connectivity index (χ0n) is 17.9. The van der Waals surface area contributed by atoms with Gasteiger partial charge in [0, 0.05) is 18.5 Å². The van der Waals surface area contributed by atoms with Crippen LogP contribution in [0.1, 0.15) is 51.5 Å². The van der Waals surface area contributed by atoms with Crippen LogP contribution in [0.3, 0.4) is 0 Å². The Morgan fingerprint density at radius 2 is 2.00 bits per heavy atom. The Morgan fingerprint density at radius 1 is 1.18 bits per heavy atom. The summed E-state index contributed by atoms with van der Waals surface area (Å²) >= 11 is 1.31. The fraction of sp³-hybridized carbons (Fsp3) is 0.240. The second-order valence-corrected chi connectivity index (χ2v) is 9.07. The molecule has 0 aliphatic carbocycles. The van der Waals surface area contributed by atoms with Crippen LogP contribution in [-0.4, -0.2) is 27.3 Å². The Hall–Kier alpha value is -3.39. The highest BCUT2D eigenvalue weighted by Crippen LogP contribution is 2.36. The molecule has 1 fully saturated rings. The van der Waals surface area contributed by atoms with Crippen molar-refractivity contribution in [2.75, 3.05) is 6.54 Å². The number of amides is 1. The molecule has 0 spiro atoms. The van der Waals surface area contributed by atoms with Gasteiger partial charge in [0.2, 0.25) is 5.89 Å². The summed E-state index contributed by atoms with van der Waals surface area (Å²) in [5.74, 6) is 0.409. The Bertz CT molecular complexity index is 1300. The molecule has 5 rings (SSSR count). The number of halogens is 2. The number of carbonyl (C=O) groups is 1. The number of oxazole rings is 1. The quantitative estimate of drug-likeness (QED) is 0.365. The first-order chi connectivity index (χ1) is 16.0. The average molecular weight is 466 g/mol. The number of aryl methyl sites for hydroxylation is 1. The minimum atomic E-state index is -0.314. The first kappa shape index (κ1) is 21.5. The van der Waals surface area contributed by atoms with Crippen LogP contribution in [0.2, 0.25) is 0 Å². The van der Waals surface area contributed by atoms with Crippen molar-refractivity contribution in [2.45, 2.75) is 32.2 Å². The van der Waals surface area contributed by atoms with Gasteiger partial charge in [-0.2, -0.15) is 0 Å². The number of rotatable bonds is 5. The predicted molar refractivity (Wildman–Crippen MR) is 121 cm³/mol. The summed E-state index contributed by atoms with van der Waals surface area (Å²) in [5.41, 5.74) is 2.22. The fourth-order valence-electron chi connectivity index (χ4n) is 4.11. The van der Waals surface area contributed by atoms with E-state index in [1.54, 1.807) is 29.3 Å². The lowest BCUT2D eigenvalue weighted by atomic mass is 10.1. The molecule has 2 aromatic carbocycles. The van der Waals surface area contributed by atoms with Gasteiger partial charge < -0.3 is 9.32 Å². The number of benzene rings is 2. The molecule has 1 amide bonds. The molecule has 0 unspecified atom stereocenters. The summed E-state index contributed by atoms with van der Waals surface area (Å²) in [7, 11) is 0. The number of likely N-dealkylation sites (tertiary alicyclic amines) is 1.